The van der Waals surface area contributed by atoms with Crippen molar-refractivity contribution in [3.05, 3.63) is 95.1 Å². The van der Waals surface area contributed by atoms with E-state index in [2.05, 4.69) is 4.74 Å². The number of phenolic OH excluding ortho intramolecular Hbond substituents is 2. The van der Waals surface area contributed by atoms with Gasteiger partial charge in [-0.3, -0.25) is 9.59 Å². The molecule has 13 nitrogen and oxygen atoms in total. The predicted molar refractivity (Wildman–Crippen MR) is 175 cm³/mol. The van der Waals surface area contributed by atoms with Crippen molar-refractivity contribution >= 4 is 23.6 Å². The molecule has 268 valence electrons. The Bertz CT molecular complexity index is 1860. The maximum atomic E-state index is 14.8. The van der Waals surface area contributed by atoms with Crippen LogP contribution in [0.2, 0.25) is 0 Å². The number of methoxy groups -OCH3 is 3. The van der Waals surface area contributed by atoms with Crippen LogP contribution in [0.15, 0.2) is 66.7 Å². The second kappa shape index (κ2) is 16.0. The van der Waals surface area contributed by atoms with E-state index in [0.717, 1.165) is 24.3 Å². The van der Waals surface area contributed by atoms with Crippen molar-refractivity contribution in [3.8, 4) is 40.2 Å². The van der Waals surface area contributed by atoms with Crippen LogP contribution < -0.4 is 23.8 Å². The second-order valence-corrected chi connectivity index (χ2v) is 11.0. The lowest BCUT2D eigenvalue weighted by Gasteiger charge is -2.30. The number of rotatable bonds is 14. The monoisotopic (exact) mass is 709 g/mol. The van der Waals surface area contributed by atoms with E-state index < -0.39 is 47.0 Å². The Morgan fingerprint density at radius 3 is 1.73 bits per heavy atom. The van der Waals surface area contributed by atoms with E-state index in [0.29, 0.717) is 11.3 Å². The van der Waals surface area contributed by atoms with Gasteiger partial charge in [0.15, 0.2) is 41.2 Å². The SMILES string of the molecule is COC(=O)COc1ccccc1OCCOc1cc(C2c3cc(F)c(O)cc3Oc3cc(O)c(F)cc32)ccc1N(CC(=O)OC)CC(=O)OC. The number of fused-ring (bicyclic) bond motifs is 2. The number of hydrogen-bond donors (Lipinski definition) is 2. The number of aromatic hydroxyl groups is 2. The minimum absolute atomic E-state index is 0.0474. The maximum Gasteiger partial charge on any atom is 0.343 e. The number of hydrogen-bond acceptors (Lipinski definition) is 13. The lowest BCUT2D eigenvalue weighted by molar-refractivity contribution is -0.143. The molecular formula is C36H33F2NO12. The van der Waals surface area contributed by atoms with Gasteiger partial charge in [-0.15, -0.1) is 0 Å². The summed E-state index contributed by atoms with van der Waals surface area (Å²) in [5.74, 6) is -5.25. The van der Waals surface area contributed by atoms with Crippen LogP contribution in [0.1, 0.15) is 22.6 Å². The quantitative estimate of drug-likeness (QED) is 0.0919. The molecular weight excluding hydrogens is 676 g/mol. The molecule has 1 aliphatic heterocycles. The van der Waals surface area contributed by atoms with Crippen molar-refractivity contribution in [1.29, 1.82) is 0 Å². The fraction of sp³-hybridized carbons (Fsp3) is 0.250. The third-order valence-corrected chi connectivity index (χ3v) is 7.77. The number of carbonyl (C=O) groups is 3. The number of esters is 3. The number of nitrogens with zero attached hydrogens (tertiary/aromatic N) is 1. The Hall–Kier alpha value is -6.25. The number of carbonyl (C=O) groups excluding carboxylic acids is 3. The first-order valence-electron chi connectivity index (χ1n) is 15.3. The first-order chi connectivity index (χ1) is 24.5. The lowest BCUT2D eigenvalue weighted by Crippen LogP contribution is -2.36. The van der Waals surface area contributed by atoms with Gasteiger partial charge in [0, 0.05) is 29.2 Å². The zero-order valence-corrected chi connectivity index (χ0v) is 27.6. The Morgan fingerprint density at radius 1 is 0.686 bits per heavy atom. The first kappa shape index (κ1) is 36.0. The van der Waals surface area contributed by atoms with E-state index >= 15 is 0 Å². The molecule has 0 saturated heterocycles. The van der Waals surface area contributed by atoms with E-state index in [-0.39, 0.29) is 72.7 Å². The summed E-state index contributed by atoms with van der Waals surface area (Å²) in [4.78, 5) is 37.8. The molecule has 1 aliphatic rings. The van der Waals surface area contributed by atoms with Gasteiger partial charge in [-0.1, -0.05) is 18.2 Å². The van der Waals surface area contributed by atoms with Gasteiger partial charge in [0.1, 0.15) is 43.6 Å². The molecule has 1 heterocycles. The molecule has 0 unspecified atom stereocenters. The van der Waals surface area contributed by atoms with Gasteiger partial charge in [-0.2, -0.15) is 0 Å². The summed E-state index contributed by atoms with van der Waals surface area (Å²) in [6.45, 7) is -1.24. The van der Waals surface area contributed by atoms with Crippen molar-refractivity contribution in [2.24, 2.45) is 0 Å². The normalized spacial score (nSPS) is 11.7. The lowest BCUT2D eigenvalue weighted by atomic mass is 9.82. The molecule has 5 rings (SSSR count). The van der Waals surface area contributed by atoms with Gasteiger partial charge >= 0.3 is 17.9 Å². The van der Waals surface area contributed by atoms with Gasteiger partial charge in [0.05, 0.1) is 27.0 Å². The fourth-order valence-corrected chi connectivity index (χ4v) is 5.33. The molecule has 4 aromatic rings. The van der Waals surface area contributed by atoms with Gasteiger partial charge in [0.25, 0.3) is 0 Å². The highest BCUT2D eigenvalue weighted by molar-refractivity contribution is 5.83. The molecule has 15 heteroatoms. The molecule has 0 saturated carbocycles. The van der Waals surface area contributed by atoms with Crippen molar-refractivity contribution in [3.63, 3.8) is 0 Å². The molecule has 0 spiro atoms. The van der Waals surface area contributed by atoms with E-state index in [1.54, 1.807) is 42.5 Å². The number of benzene rings is 4. The van der Waals surface area contributed by atoms with Gasteiger partial charge in [0.2, 0.25) is 0 Å². The number of halogens is 2. The van der Waals surface area contributed by atoms with Crippen molar-refractivity contribution in [1.82, 2.24) is 0 Å². The summed E-state index contributed by atoms with van der Waals surface area (Å²) in [5, 5.41) is 20.2. The largest absolute Gasteiger partial charge is 0.505 e. The Kier molecular flexibility index (Phi) is 11.3. The van der Waals surface area contributed by atoms with Crippen LogP contribution in [0.3, 0.4) is 0 Å². The number of phenols is 2. The van der Waals surface area contributed by atoms with Crippen LogP contribution in [0.25, 0.3) is 0 Å². The molecule has 4 aromatic carbocycles. The van der Waals surface area contributed by atoms with Crippen molar-refractivity contribution < 1.29 is 66.5 Å². The number of ether oxygens (including phenoxy) is 7. The van der Waals surface area contributed by atoms with Crippen molar-refractivity contribution in [2.45, 2.75) is 5.92 Å². The van der Waals surface area contributed by atoms with Gasteiger partial charge in [-0.25, -0.2) is 13.6 Å². The Labute approximate surface area is 290 Å². The molecule has 0 bridgehead atoms. The average Bonchev–Trinajstić information content (AvgIpc) is 3.12. The smallest absolute Gasteiger partial charge is 0.343 e. The fourth-order valence-electron chi connectivity index (χ4n) is 5.33. The minimum Gasteiger partial charge on any atom is -0.505 e. The highest BCUT2D eigenvalue weighted by Gasteiger charge is 2.33. The van der Waals surface area contributed by atoms with Crippen LogP contribution in [0.4, 0.5) is 14.5 Å². The topological polar surface area (TPSA) is 160 Å². The summed E-state index contributed by atoms with van der Waals surface area (Å²) in [5.41, 5.74) is 1.15. The predicted octanol–water partition coefficient (Wildman–Crippen LogP) is 4.82. The maximum absolute atomic E-state index is 14.8. The van der Waals surface area contributed by atoms with Gasteiger partial charge in [-0.05, 0) is 42.0 Å². The zero-order chi connectivity index (χ0) is 36.7. The van der Waals surface area contributed by atoms with Crippen LogP contribution >= 0.6 is 0 Å². The van der Waals surface area contributed by atoms with Crippen LogP contribution in [-0.4, -0.2) is 82.4 Å². The average molecular weight is 710 g/mol. The molecule has 0 amide bonds. The van der Waals surface area contributed by atoms with Gasteiger partial charge < -0.3 is 48.3 Å². The summed E-state index contributed by atoms with van der Waals surface area (Å²) in [6.07, 6.45) is 0. The number of para-hydroxylation sites is 2. The standard InChI is InChI=1S/C36H33F2NO12/c1-45-33(42)17-39(18-34(43)46-2)25-9-8-20(12-32(25)49-11-10-48-28-6-4-5-7-29(28)50-19-35(44)47-3)36-21-13-23(37)26(40)15-30(21)51-31-16-27(41)24(38)14-22(31)36/h4-9,12-16,36,40-41H,10-11,17-19H2,1-3H3. The third kappa shape index (κ3) is 8.32. The van der Waals surface area contributed by atoms with Crippen molar-refractivity contribution in [2.75, 3.05) is 59.1 Å². The molecule has 0 fully saturated rings. The summed E-state index contributed by atoms with van der Waals surface area (Å²) >= 11 is 0. The first-order valence-corrected chi connectivity index (χ1v) is 15.3. The molecule has 0 atom stereocenters. The second-order valence-electron chi connectivity index (χ2n) is 11.0. The molecule has 0 aliphatic carbocycles. The summed E-state index contributed by atoms with van der Waals surface area (Å²) in [6, 6.07) is 15.6. The molecule has 0 radical (unpaired) electrons. The van der Waals surface area contributed by atoms with E-state index in [1.807, 2.05) is 0 Å². The zero-order valence-electron chi connectivity index (χ0n) is 27.6. The molecule has 51 heavy (non-hydrogen) atoms. The highest BCUT2D eigenvalue weighted by Crippen LogP contribution is 2.51. The van der Waals surface area contributed by atoms with Crippen LogP contribution in [0.5, 0.6) is 40.2 Å². The Morgan fingerprint density at radius 2 is 1.20 bits per heavy atom. The molecule has 2 N–H and O–H groups in total. The van der Waals surface area contributed by atoms with E-state index in [9.17, 15) is 33.4 Å². The minimum atomic E-state index is -0.950. The Balaban J connectivity index is 1.53. The third-order valence-electron chi connectivity index (χ3n) is 7.77. The van der Waals surface area contributed by atoms with E-state index in [1.165, 1.54) is 26.2 Å². The van der Waals surface area contributed by atoms with E-state index in [4.69, 9.17) is 28.4 Å². The highest BCUT2D eigenvalue weighted by atomic mass is 19.1. The van der Waals surface area contributed by atoms with Crippen LogP contribution in [-0.2, 0) is 28.6 Å². The number of anilines is 1. The molecule has 0 aromatic heterocycles. The summed E-state index contributed by atoms with van der Waals surface area (Å²) < 4.78 is 67.2. The van der Waals surface area contributed by atoms with Crippen LogP contribution in [0, 0.1) is 11.6 Å². The summed E-state index contributed by atoms with van der Waals surface area (Å²) in [7, 11) is 3.62.